The Labute approximate surface area is 126 Å². The van der Waals surface area contributed by atoms with Gasteiger partial charge in [0, 0.05) is 25.3 Å². The number of nitrogens with two attached hydrogens (primary N) is 1. The minimum absolute atomic E-state index is 0.109. The number of hydrogen-bond donors (Lipinski definition) is 2. The van der Waals surface area contributed by atoms with E-state index in [1.54, 1.807) is 6.20 Å². The Hall–Kier alpha value is -1.44. The SMILES string of the molecule is Cc1c(C(=O)NCCOCCN(C)C)cnn1CCCN. The number of aromatic nitrogens is 2. The van der Waals surface area contributed by atoms with Gasteiger partial charge in [-0.2, -0.15) is 5.10 Å². The Morgan fingerprint density at radius 2 is 2.24 bits per heavy atom. The maximum Gasteiger partial charge on any atom is 0.254 e. The highest BCUT2D eigenvalue weighted by molar-refractivity contribution is 5.94. The molecular weight excluding hydrogens is 270 g/mol. The maximum absolute atomic E-state index is 12.0. The minimum atomic E-state index is -0.109. The summed E-state index contributed by atoms with van der Waals surface area (Å²) in [6.45, 7) is 5.81. The molecule has 0 fully saturated rings. The number of nitrogens with one attached hydrogen (secondary N) is 1. The van der Waals surface area contributed by atoms with E-state index in [0.29, 0.717) is 31.9 Å². The summed E-state index contributed by atoms with van der Waals surface area (Å²) in [5, 5.41) is 7.06. The highest BCUT2D eigenvalue weighted by atomic mass is 16.5. The van der Waals surface area contributed by atoms with Crippen LogP contribution >= 0.6 is 0 Å². The molecule has 7 heteroatoms. The van der Waals surface area contributed by atoms with Crippen LogP contribution in [0.25, 0.3) is 0 Å². The number of likely N-dealkylation sites (N-methyl/N-ethyl adjacent to an activating group) is 1. The molecule has 120 valence electrons. The molecule has 1 heterocycles. The van der Waals surface area contributed by atoms with E-state index in [2.05, 4.69) is 15.3 Å². The van der Waals surface area contributed by atoms with Crippen LogP contribution in [0.2, 0.25) is 0 Å². The van der Waals surface area contributed by atoms with Gasteiger partial charge in [0.25, 0.3) is 5.91 Å². The van der Waals surface area contributed by atoms with Crippen LogP contribution in [0.1, 0.15) is 22.5 Å². The number of nitrogens with zero attached hydrogens (tertiary/aromatic N) is 3. The molecular formula is C14H27N5O2. The first-order valence-electron chi connectivity index (χ1n) is 7.29. The minimum Gasteiger partial charge on any atom is -0.378 e. The second-order valence-corrected chi connectivity index (χ2v) is 5.18. The average Bonchev–Trinajstić information content (AvgIpc) is 2.81. The van der Waals surface area contributed by atoms with E-state index in [1.165, 1.54) is 0 Å². The summed E-state index contributed by atoms with van der Waals surface area (Å²) < 4.78 is 7.24. The fourth-order valence-corrected chi connectivity index (χ4v) is 1.82. The van der Waals surface area contributed by atoms with Gasteiger partial charge in [-0.15, -0.1) is 0 Å². The molecule has 3 N–H and O–H groups in total. The van der Waals surface area contributed by atoms with Gasteiger partial charge in [-0.1, -0.05) is 0 Å². The first-order chi connectivity index (χ1) is 10.1. The van der Waals surface area contributed by atoms with Crippen LogP contribution in [-0.4, -0.2) is 67.5 Å². The first-order valence-corrected chi connectivity index (χ1v) is 7.29. The molecule has 1 aromatic rings. The summed E-state index contributed by atoms with van der Waals surface area (Å²) in [6.07, 6.45) is 2.46. The number of amides is 1. The number of ether oxygens (including phenoxy) is 1. The van der Waals surface area contributed by atoms with Gasteiger partial charge < -0.3 is 20.7 Å². The van der Waals surface area contributed by atoms with Crippen molar-refractivity contribution in [3.05, 3.63) is 17.5 Å². The van der Waals surface area contributed by atoms with Crippen LogP contribution in [-0.2, 0) is 11.3 Å². The molecule has 7 nitrogen and oxygen atoms in total. The zero-order valence-electron chi connectivity index (χ0n) is 13.3. The third-order valence-corrected chi connectivity index (χ3v) is 3.14. The Morgan fingerprint density at radius 3 is 2.90 bits per heavy atom. The molecule has 0 saturated carbocycles. The van der Waals surface area contributed by atoms with E-state index >= 15 is 0 Å². The van der Waals surface area contributed by atoms with Crippen LogP contribution in [0.4, 0.5) is 0 Å². The molecule has 0 aliphatic carbocycles. The molecule has 21 heavy (non-hydrogen) atoms. The highest BCUT2D eigenvalue weighted by Gasteiger charge is 2.13. The standard InChI is InChI=1S/C14H27N5O2/c1-12-13(11-17-19(12)7-4-5-15)14(20)16-6-9-21-10-8-18(2)3/h11H,4-10,15H2,1-3H3,(H,16,20). The molecule has 0 atom stereocenters. The van der Waals surface area contributed by atoms with Gasteiger partial charge in [0.15, 0.2) is 0 Å². The number of hydrogen-bond acceptors (Lipinski definition) is 5. The summed E-state index contributed by atoms with van der Waals surface area (Å²) in [5.41, 5.74) is 6.96. The van der Waals surface area contributed by atoms with Crippen molar-refractivity contribution >= 4 is 5.91 Å². The van der Waals surface area contributed by atoms with Gasteiger partial charge in [0.05, 0.1) is 25.0 Å². The smallest absolute Gasteiger partial charge is 0.254 e. The van der Waals surface area contributed by atoms with E-state index in [1.807, 2.05) is 25.7 Å². The van der Waals surface area contributed by atoms with Crippen LogP contribution in [0.3, 0.4) is 0 Å². The lowest BCUT2D eigenvalue weighted by Crippen LogP contribution is -2.28. The summed E-state index contributed by atoms with van der Waals surface area (Å²) >= 11 is 0. The number of aryl methyl sites for hydroxylation is 1. The molecule has 0 aliphatic heterocycles. The summed E-state index contributed by atoms with van der Waals surface area (Å²) in [6, 6.07) is 0. The maximum atomic E-state index is 12.0. The third-order valence-electron chi connectivity index (χ3n) is 3.14. The van der Waals surface area contributed by atoms with Gasteiger partial charge in [0.1, 0.15) is 0 Å². The Morgan fingerprint density at radius 1 is 1.48 bits per heavy atom. The molecule has 0 unspecified atom stereocenters. The topological polar surface area (TPSA) is 85.4 Å². The summed E-state index contributed by atoms with van der Waals surface area (Å²) in [4.78, 5) is 14.1. The fraction of sp³-hybridized carbons (Fsp3) is 0.714. The lowest BCUT2D eigenvalue weighted by atomic mass is 10.2. The Bertz CT molecular complexity index is 431. The van der Waals surface area contributed by atoms with Crippen molar-refractivity contribution in [1.82, 2.24) is 20.0 Å². The zero-order chi connectivity index (χ0) is 15.7. The number of rotatable bonds is 10. The van der Waals surface area contributed by atoms with Crippen molar-refractivity contribution in [1.29, 1.82) is 0 Å². The van der Waals surface area contributed by atoms with Crippen LogP contribution in [0.5, 0.6) is 0 Å². The molecule has 0 bridgehead atoms. The van der Waals surface area contributed by atoms with Crippen molar-refractivity contribution < 1.29 is 9.53 Å². The van der Waals surface area contributed by atoms with Gasteiger partial charge in [-0.05, 0) is 34.0 Å². The summed E-state index contributed by atoms with van der Waals surface area (Å²) in [7, 11) is 3.99. The molecule has 0 aromatic carbocycles. The Balaban J connectivity index is 2.30. The van der Waals surface area contributed by atoms with Crippen LogP contribution in [0, 0.1) is 6.92 Å². The van der Waals surface area contributed by atoms with Crippen molar-refractivity contribution in [2.75, 3.05) is 46.9 Å². The number of carbonyl (C=O) groups excluding carboxylic acids is 1. The van der Waals surface area contributed by atoms with Gasteiger partial charge in [0.2, 0.25) is 0 Å². The lowest BCUT2D eigenvalue weighted by molar-refractivity contribution is 0.0899. The predicted octanol–water partition coefficient (Wildman–Crippen LogP) is -0.152. The summed E-state index contributed by atoms with van der Waals surface area (Å²) in [5.74, 6) is -0.109. The predicted molar refractivity (Wildman–Crippen MR) is 82.3 cm³/mol. The van der Waals surface area contributed by atoms with Crippen molar-refractivity contribution in [2.45, 2.75) is 19.9 Å². The Kier molecular flexibility index (Phi) is 7.96. The van der Waals surface area contributed by atoms with Gasteiger partial charge in [-0.3, -0.25) is 9.48 Å². The van der Waals surface area contributed by atoms with E-state index in [4.69, 9.17) is 10.5 Å². The fourth-order valence-electron chi connectivity index (χ4n) is 1.82. The van der Waals surface area contributed by atoms with Crippen molar-refractivity contribution in [2.24, 2.45) is 5.73 Å². The second kappa shape index (κ2) is 9.49. The molecule has 1 amide bonds. The van der Waals surface area contributed by atoms with E-state index < -0.39 is 0 Å². The number of carbonyl (C=O) groups is 1. The van der Waals surface area contributed by atoms with Crippen LogP contribution < -0.4 is 11.1 Å². The normalized spacial score (nSPS) is 11.1. The van der Waals surface area contributed by atoms with E-state index in [0.717, 1.165) is 25.2 Å². The monoisotopic (exact) mass is 297 g/mol. The molecule has 1 rings (SSSR count). The quantitative estimate of drug-likeness (QED) is 0.587. The molecule has 0 saturated heterocycles. The second-order valence-electron chi connectivity index (χ2n) is 5.18. The van der Waals surface area contributed by atoms with E-state index in [9.17, 15) is 4.79 Å². The largest absolute Gasteiger partial charge is 0.378 e. The molecule has 0 aliphatic rings. The van der Waals surface area contributed by atoms with Crippen molar-refractivity contribution in [3.8, 4) is 0 Å². The molecule has 0 spiro atoms. The zero-order valence-corrected chi connectivity index (χ0v) is 13.3. The highest BCUT2D eigenvalue weighted by Crippen LogP contribution is 2.07. The molecule has 1 aromatic heterocycles. The molecule has 0 radical (unpaired) electrons. The van der Waals surface area contributed by atoms with Gasteiger partial charge >= 0.3 is 0 Å². The van der Waals surface area contributed by atoms with E-state index in [-0.39, 0.29) is 5.91 Å². The van der Waals surface area contributed by atoms with Crippen molar-refractivity contribution in [3.63, 3.8) is 0 Å². The lowest BCUT2D eigenvalue weighted by Gasteiger charge is -2.10. The first kappa shape index (κ1) is 17.6. The third kappa shape index (κ3) is 6.24. The average molecular weight is 297 g/mol. The van der Waals surface area contributed by atoms with Crippen LogP contribution in [0.15, 0.2) is 6.20 Å². The van der Waals surface area contributed by atoms with Gasteiger partial charge in [-0.25, -0.2) is 0 Å².